The molecule has 0 aromatic rings. The molecule has 0 spiro atoms. The van der Waals surface area contributed by atoms with Gasteiger partial charge in [0.1, 0.15) is 32.8 Å². The quantitative estimate of drug-likeness (QED) is 0.110. The zero-order valence-corrected chi connectivity index (χ0v) is 20.3. The number of esters is 2. The number of aliphatic hydroxyl groups excluding tert-OH is 1. The summed E-state index contributed by atoms with van der Waals surface area (Å²) in [5.41, 5.74) is 0. The van der Waals surface area contributed by atoms with Crippen molar-refractivity contribution < 1.29 is 45.8 Å². The van der Waals surface area contributed by atoms with E-state index in [4.69, 9.17) is 9.47 Å². The van der Waals surface area contributed by atoms with Crippen molar-refractivity contribution in [2.45, 2.75) is 65.2 Å². The van der Waals surface area contributed by atoms with Crippen molar-refractivity contribution in [3.8, 4) is 0 Å². The van der Waals surface area contributed by atoms with Crippen LogP contribution in [0.4, 0.5) is 0 Å². The number of nitrogens with zero attached hydrogens (tertiary/aromatic N) is 1. The van der Waals surface area contributed by atoms with Gasteiger partial charge < -0.3 is 23.6 Å². The molecule has 0 aromatic heterocycles. The number of carbonyl (C=O) groups is 2. The molecule has 0 bridgehead atoms. The minimum atomic E-state index is -4.41. The van der Waals surface area contributed by atoms with Crippen LogP contribution in [-0.4, -0.2) is 88.1 Å². The first-order valence-electron chi connectivity index (χ1n) is 10.8. The lowest BCUT2D eigenvalue weighted by atomic mass is 10.2. The van der Waals surface area contributed by atoms with Gasteiger partial charge in [0.05, 0.1) is 20.8 Å². The maximum atomic E-state index is 11.6. The van der Waals surface area contributed by atoms with Gasteiger partial charge in [0.2, 0.25) is 10.4 Å². The van der Waals surface area contributed by atoms with Gasteiger partial charge in [-0.05, 0) is 12.8 Å². The highest BCUT2D eigenvalue weighted by molar-refractivity contribution is 7.80. The normalized spacial score (nSPS) is 11.4. The van der Waals surface area contributed by atoms with Crippen molar-refractivity contribution in [2.24, 2.45) is 0 Å². The number of hydrogen-bond acceptors (Lipinski definition) is 9. The van der Waals surface area contributed by atoms with Crippen LogP contribution in [0.25, 0.3) is 0 Å². The van der Waals surface area contributed by atoms with Crippen LogP contribution in [0.15, 0.2) is 0 Å². The Kier molecular flexibility index (Phi) is 20.0. The molecule has 0 saturated carbocycles. The predicted octanol–water partition coefficient (Wildman–Crippen LogP) is 1.77. The summed E-state index contributed by atoms with van der Waals surface area (Å²) in [6.45, 7) is 6.64. The molecule has 31 heavy (non-hydrogen) atoms. The standard InChI is InChI=1S/C19H38NO5.CH4O4S/c1-4-6-8-10-18(22)24-16-13-20(3,12-15-21)14-17-25-19(23)11-9-7-5-2;1-5-6(2,3)4/h21H,4-17H2,1-3H3;1H3,(H,2,3,4)/q+1;/p-1. The average Bonchev–Trinajstić information content (AvgIpc) is 2.68. The minimum Gasteiger partial charge on any atom is -0.726 e. The number of quaternary nitrogens is 1. The average molecular weight is 472 g/mol. The third-order valence-corrected chi connectivity index (χ3v) is 5.01. The third-order valence-electron chi connectivity index (χ3n) is 4.60. The number of unbranched alkanes of at least 4 members (excludes halogenated alkanes) is 4. The molecule has 0 aliphatic heterocycles. The van der Waals surface area contributed by atoms with Crippen LogP contribution in [0.2, 0.25) is 0 Å². The lowest BCUT2D eigenvalue weighted by Gasteiger charge is -2.33. The highest BCUT2D eigenvalue weighted by atomic mass is 32.3. The fourth-order valence-corrected chi connectivity index (χ4v) is 2.52. The van der Waals surface area contributed by atoms with E-state index in [1.807, 2.05) is 7.05 Å². The van der Waals surface area contributed by atoms with Gasteiger partial charge in [-0.3, -0.25) is 13.8 Å². The molecule has 0 atom stereocenters. The molecular weight excluding hydrogens is 430 g/mol. The van der Waals surface area contributed by atoms with E-state index in [0.717, 1.165) is 45.6 Å². The molecule has 0 unspecified atom stereocenters. The largest absolute Gasteiger partial charge is 0.726 e. The van der Waals surface area contributed by atoms with Crippen LogP contribution < -0.4 is 0 Å². The second-order valence-corrected chi connectivity index (χ2v) is 8.59. The number of hydrogen-bond donors (Lipinski definition) is 1. The Hall–Kier alpha value is -1.27. The van der Waals surface area contributed by atoms with Crippen LogP contribution in [0.5, 0.6) is 0 Å². The molecule has 0 rings (SSSR count). The van der Waals surface area contributed by atoms with Crippen LogP contribution in [0.3, 0.4) is 0 Å². The maximum Gasteiger partial charge on any atom is 0.305 e. The van der Waals surface area contributed by atoms with Gasteiger partial charge in [0.25, 0.3) is 0 Å². The molecule has 0 radical (unpaired) electrons. The summed E-state index contributed by atoms with van der Waals surface area (Å²) in [5.74, 6) is -0.322. The summed E-state index contributed by atoms with van der Waals surface area (Å²) in [5, 5.41) is 9.27. The van der Waals surface area contributed by atoms with E-state index in [9.17, 15) is 27.7 Å². The molecule has 0 saturated heterocycles. The summed E-state index contributed by atoms with van der Waals surface area (Å²) in [6.07, 6.45) is 6.90. The lowest BCUT2D eigenvalue weighted by molar-refractivity contribution is -0.910. The third kappa shape index (κ3) is 23.2. The van der Waals surface area contributed by atoms with E-state index in [1.165, 1.54) is 0 Å². The van der Waals surface area contributed by atoms with E-state index in [1.54, 1.807) is 0 Å². The molecule has 1 N–H and O–H groups in total. The first-order chi connectivity index (χ1) is 14.5. The number of aliphatic hydroxyl groups is 1. The van der Waals surface area contributed by atoms with Crippen molar-refractivity contribution in [1.29, 1.82) is 0 Å². The smallest absolute Gasteiger partial charge is 0.305 e. The van der Waals surface area contributed by atoms with Gasteiger partial charge in [0, 0.05) is 12.8 Å². The van der Waals surface area contributed by atoms with Crippen LogP contribution in [0.1, 0.15) is 65.2 Å². The van der Waals surface area contributed by atoms with Gasteiger partial charge in [-0.25, -0.2) is 8.42 Å². The van der Waals surface area contributed by atoms with E-state index in [0.29, 0.717) is 50.2 Å². The zero-order valence-electron chi connectivity index (χ0n) is 19.5. The molecule has 0 heterocycles. The van der Waals surface area contributed by atoms with Crippen LogP contribution in [0, 0.1) is 0 Å². The number of carbonyl (C=O) groups excluding carboxylic acids is 2. The number of likely N-dealkylation sites (N-methyl/N-ethyl adjacent to an activating group) is 1. The molecule has 0 aliphatic carbocycles. The fraction of sp³-hybridized carbons (Fsp3) is 0.900. The number of rotatable bonds is 17. The predicted molar refractivity (Wildman–Crippen MR) is 115 cm³/mol. The van der Waals surface area contributed by atoms with Crippen molar-refractivity contribution in [3.05, 3.63) is 0 Å². The lowest BCUT2D eigenvalue weighted by Crippen LogP contribution is -2.50. The van der Waals surface area contributed by atoms with E-state index in [2.05, 4.69) is 18.0 Å². The molecule has 10 nitrogen and oxygen atoms in total. The van der Waals surface area contributed by atoms with Crippen LogP contribution in [-0.2, 0) is 33.6 Å². The Balaban J connectivity index is 0. The topological polar surface area (TPSA) is 139 Å². The molecule has 11 heteroatoms. The van der Waals surface area contributed by atoms with Gasteiger partial charge in [0.15, 0.2) is 0 Å². The second kappa shape index (κ2) is 19.4. The summed E-state index contributed by atoms with van der Waals surface area (Å²) >= 11 is 0. The zero-order chi connectivity index (χ0) is 24.2. The molecule has 0 aliphatic rings. The Bertz CT molecular complexity index is 539. The summed E-state index contributed by atoms with van der Waals surface area (Å²) in [6, 6.07) is 0. The van der Waals surface area contributed by atoms with Crippen molar-refractivity contribution >= 4 is 22.3 Å². The Morgan fingerprint density at radius 1 is 0.871 bits per heavy atom. The summed E-state index contributed by atoms with van der Waals surface area (Å²) in [7, 11) is -1.63. The van der Waals surface area contributed by atoms with E-state index in [-0.39, 0.29) is 18.5 Å². The number of ether oxygens (including phenoxy) is 2. The van der Waals surface area contributed by atoms with Gasteiger partial charge in [-0.15, -0.1) is 0 Å². The second-order valence-electron chi connectivity index (χ2n) is 7.44. The molecular formula is C20H41NO9S. The Labute approximate surface area is 187 Å². The van der Waals surface area contributed by atoms with Crippen LogP contribution >= 0.6 is 0 Å². The molecule has 186 valence electrons. The monoisotopic (exact) mass is 471 g/mol. The summed E-state index contributed by atoms with van der Waals surface area (Å²) in [4.78, 5) is 23.3. The van der Waals surface area contributed by atoms with E-state index >= 15 is 0 Å². The SMILES string of the molecule is CCCCCC(=O)OCC[N+](C)(CCO)CCOC(=O)CCCCC.COS(=O)(=O)[O-]. The first-order valence-corrected chi connectivity index (χ1v) is 12.1. The highest BCUT2D eigenvalue weighted by Crippen LogP contribution is 2.06. The van der Waals surface area contributed by atoms with Gasteiger partial charge in [-0.1, -0.05) is 39.5 Å². The summed E-state index contributed by atoms with van der Waals surface area (Å²) < 4.78 is 42.1. The van der Waals surface area contributed by atoms with Crippen molar-refractivity contribution in [1.82, 2.24) is 0 Å². The van der Waals surface area contributed by atoms with Gasteiger partial charge in [-0.2, -0.15) is 0 Å². The van der Waals surface area contributed by atoms with Crippen molar-refractivity contribution in [2.75, 3.05) is 53.6 Å². The molecule has 0 aromatic carbocycles. The Morgan fingerprint density at radius 3 is 1.55 bits per heavy atom. The Morgan fingerprint density at radius 2 is 1.26 bits per heavy atom. The maximum absolute atomic E-state index is 11.6. The molecule has 0 amide bonds. The fourth-order valence-electron chi connectivity index (χ4n) is 2.52. The highest BCUT2D eigenvalue weighted by Gasteiger charge is 2.22. The van der Waals surface area contributed by atoms with Gasteiger partial charge >= 0.3 is 11.9 Å². The van der Waals surface area contributed by atoms with Crippen molar-refractivity contribution in [3.63, 3.8) is 0 Å². The molecule has 0 fully saturated rings. The first kappa shape index (κ1) is 31.9. The van der Waals surface area contributed by atoms with E-state index < -0.39 is 10.4 Å². The minimum absolute atomic E-state index is 0.0470.